The Morgan fingerprint density at radius 2 is 2.17 bits per heavy atom. The molecule has 0 aliphatic heterocycles. The molecule has 0 saturated carbocycles. The van der Waals surface area contributed by atoms with Gasteiger partial charge in [-0.1, -0.05) is 0 Å². The minimum atomic E-state index is -0.714. The van der Waals surface area contributed by atoms with Crippen molar-refractivity contribution in [2.24, 2.45) is 5.10 Å². The van der Waals surface area contributed by atoms with Crippen molar-refractivity contribution in [3.05, 3.63) is 60.1 Å². The van der Waals surface area contributed by atoms with Crippen LogP contribution in [-0.2, 0) is 4.79 Å². The summed E-state index contributed by atoms with van der Waals surface area (Å²) in [7, 11) is 0. The summed E-state index contributed by atoms with van der Waals surface area (Å²) in [6.45, 7) is 1.61. The second-order valence-corrected chi connectivity index (χ2v) is 4.53. The van der Waals surface area contributed by atoms with E-state index in [-0.39, 0.29) is 5.91 Å². The van der Waals surface area contributed by atoms with Crippen LogP contribution in [0.3, 0.4) is 0 Å². The standard InChI is InChI=1S/C17H15N3O3/c1-13(23-16-8-6-14(12-18)7-9-16)17(21)20-19-10-2-4-15-5-3-11-22-15/h2-11,13H,1H3,(H,20,21)/b4-2+,19-10?/t13-/m0/s1. The molecule has 1 atom stereocenters. The number of rotatable bonds is 6. The van der Waals surface area contributed by atoms with Gasteiger partial charge < -0.3 is 9.15 Å². The Bertz CT molecular complexity index is 725. The molecule has 0 bridgehead atoms. The minimum Gasteiger partial charge on any atom is -0.481 e. The van der Waals surface area contributed by atoms with Crippen LogP contribution in [0, 0.1) is 11.3 Å². The fraction of sp³-hybridized carbons (Fsp3) is 0.118. The van der Waals surface area contributed by atoms with Crippen LogP contribution >= 0.6 is 0 Å². The molecule has 6 heteroatoms. The summed E-state index contributed by atoms with van der Waals surface area (Å²) >= 11 is 0. The summed E-state index contributed by atoms with van der Waals surface area (Å²) in [5, 5.41) is 12.5. The molecule has 0 aliphatic carbocycles. The van der Waals surface area contributed by atoms with Crippen molar-refractivity contribution in [2.45, 2.75) is 13.0 Å². The largest absolute Gasteiger partial charge is 0.481 e. The van der Waals surface area contributed by atoms with Crippen LogP contribution in [0.25, 0.3) is 6.08 Å². The van der Waals surface area contributed by atoms with Crippen molar-refractivity contribution < 1.29 is 13.9 Å². The maximum absolute atomic E-state index is 11.8. The molecule has 1 amide bonds. The van der Waals surface area contributed by atoms with Gasteiger partial charge in [-0.15, -0.1) is 0 Å². The number of ether oxygens (including phenoxy) is 1. The fourth-order valence-electron chi connectivity index (χ4n) is 1.62. The van der Waals surface area contributed by atoms with E-state index in [2.05, 4.69) is 10.5 Å². The van der Waals surface area contributed by atoms with Crippen LogP contribution in [0.1, 0.15) is 18.2 Å². The zero-order chi connectivity index (χ0) is 16.5. The highest BCUT2D eigenvalue weighted by Gasteiger charge is 2.13. The average Bonchev–Trinajstić information content (AvgIpc) is 3.08. The molecule has 0 saturated heterocycles. The predicted molar refractivity (Wildman–Crippen MR) is 85.6 cm³/mol. The van der Waals surface area contributed by atoms with Gasteiger partial charge in [-0.05, 0) is 55.5 Å². The first-order valence-corrected chi connectivity index (χ1v) is 6.89. The molecule has 1 heterocycles. The smallest absolute Gasteiger partial charge is 0.280 e. The quantitative estimate of drug-likeness (QED) is 0.656. The first kappa shape index (κ1) is 16.0. The van der Waals surface area contributed by atoms with Gasteiger partial charge in [0.25, 0.3) is 5.91 Å². The van der Waals surface area contributed by atoms with Crippen LogP contribution < -0.4 is 10.2 Å². The van der Waals surface area contributed by atoms with Gasteiger partial charge in [-0.2, -0.15) is 10.4 Å². The first-order chi connectivity index (χ1) is 11.2. The van der Waals surface area contributed by atoms with E-state index < -0.39 is 6.10 Å². The van der Waals surface area contributed by atoms with Crippen LogP contribution in [0.4, 0.5) is 0 Å². The lowest BCUT2D eigenvalue weighted by Crippen LogP contribution is -2.33. The molecule has 0 aliphatic rings. The summed E-state index contributed by atoms with van der Waals surface area (Å²) in [6.07, 6.45) is 5.65. The third-order valence-electron chi connectivity index (χ3n) is 2.80. The lowest BCUT2D eigenvalue weighted by Gasteiger charge is -2.12. The Labute approximate surface area is 133 Å². The molecule has 1 aromatic carbocycles. The fourth-order valence-corrected chi connectivity index (χ4v) is 1.62. The Kier molecular flexibility index (Phi) is 5.72. The average molecular weight is 309 g/mol. The van der Waals surface area contributed by atoms with Crippen molar-refractivity contribution in [3.8, 4) is 11.8 Å². The van der Waals surface area contributed by atoms with Crippen LogP contribution in [0.2, 0.25) is 0 Å². The number of carbonyl (C=O) groups excluding carboxylic acids is 1. The van der Waals surface area contributed by atoms with Gasteiger partial charge in [0.15, 0.2) is 6.10 Å². The molecule has 116 valence electrons. The maximum Gasteiger partial charge on any atom is 0.280 e. The number of hydrogen-bond acceptors (Lipinski definition) is 5. The van der Waals surface area contributed by atoms with Crippen molar-refractivity contribution >= 4 is 18.2 Å². The van der Waals surface area contributed by atoms with E-state index in [0.29, 0.717) is 17.1 Å². The van der Waals surface area contributed by atoms with E-state index in [1.165, 1.54) is 6.21 Å². The second-order valence-electron chi connectivity index (χ2n) is 4.53. The normalized spacial score (nSPS) is 12.2. The van der Waals surface area contributed by atoms with Crippen molar-refractivity contribution in [2.75, 3.05) is 0 Å². The first-order valence-electron chi connectivity index (χ1n) is 6.89. The summed E-state index contributed by atoms with van der Waals surface area (Å²) < 4.78 is 10.6. The second kappa shape index (κ2) is 8.20. The molecule has 2 aromatic rings. The van der Waals surface area contributed by atoms with Crippen LogP contribution in [-0.4, -0.2) is 18.2 Å². The Morgan fingerprint density at radius 1 is 1.39 bits per heavy atom. The zero-order valence-corrected chi connectivity index (χ0v) is 12.5. The third kappa shape index (κ3) is 5.17. The van der Waals surface area contributed by atoms with Crippen LogP contribution in [0.15, 0.2) is 58.3 Å². The number of hydrogen-bond donors (Lipinski definition) is 1. The lowest BCUT2D eigenvalue weighted by molar-refractivity contribution is -0.127. The summed E-state index contributed by atoms with van der Waals surface area (Å²) in [6, 6.07) is 12.1. The Morgan fingerprint density at radius 3 is 2.83 bits per heavy atom. The highest BCUT2D eigenvalue weighted by Crippen LogP contribution is 2.13. The summed E-state index contributed by atoms with van der Waals surface area (Å²) in [5.41, 5.74) is 2.91. The van der Waals surface area contributed by atoms with E-state index in [9.17, 15) is 4.79 Å². The zero-order valence-electron chi connectivity index (χ0n) is 12.5. The topological polar surface area (TPSA) is 87.6 Å². The molecule has 1 aromatic heterocycles. The summed E-state index contributed by atoms with van der Waals surface area (Å²) in [5.74, 6) is 0.825. The number of nitrogens with one attached hydrogen (secondary N) is 1. The van der Waals surface area contributed by atoms with Crippen molar-refractivity contribution in [1.82, 2.24) is 5.43 Å². The number of nitriles is 1. The highest BCUT2D eigenvalue weighted by molar-refractivity contribution is 5.83. The lowest BCUT2D eigenvalue weighted by atomic mass is 10.2. The molecule has 0 unspecified atom stereocenters. The van der Waals surface area contributed by atoms with Gasteiger partial charge in [0.05, 0.1) is 17.9 Å². The number of amides is 1. The molecule has 23 heavy (non-hydrogen) atoms. The Hall–Kier alpha value is -3.33. The summed E-state index contributed by atoms with van der Waals surface area (Å²) in [4.78, 5) is 11.8. The maximum atomic E-state index is 11.8. The molecule has 6 nitrogen and oxygen atoms in total. The SMILES string of the molecule is C[C@H](Oc1ccc(C#N)cc1)C(=O)NN=C/C=C/c1ccco1. The van der Waals surface area contributed by atoms with Gasteiger partial charge in [-0.25, -0.2) is 5.43 Å². The van der Waals surface area contributed by atoms with Gasteiger partial charge in [0, 0.05) is 6.21 Å². The van der Waals surface area contributed by atoms with Gasteiger partial charge in [0.1, 0.15) is 11.5 Å². The molecule has 0 radical (unpaired) electrons. The van der Waals surface area contributed by atoms with Crippen molar-refractivity contribution in [3.63, 3.8) is 0 Å². The van der Waals surface area contributed by atoms with Crippen LogP contribution in [0.5, 0.6) is 5.75 Å². The van der Waals surface area contributed by atoms with E-state index in [1.807, 2.05) is 6.07 Å². The molecule has 0 fully saturated rings. The number of carbonyl (C=O) groups is 1. The number of benzene rings is 1. The molecular weight excluding hydrogens is 294 g/mol. The van der Waals surface area contributed by atoms with E-state index >= 15 is 0 Å². The number of furan rings is 1. The highest BCUT2D eigenvalue weighted by atomic mass is 16.5. The van der Waals surface area contributed by atoms with E-state index in [0.717, 1.165) is 0 Å². The van der Waals surface area contributed by atoms with E-state index in [1.54, 1.807) is 61.7 Å². The van der Waals surface area contributed by atoms with Gasteiger partial charge >= 0.3 is 0 Å². The molecular formula is C17H15N3O3. The van der Waals surface area contributed by atoms with Gasteiger partial charge in [-0.3, -0.25) is 4.79 Å². The predicted octanol–water partition coefficient (Wildman–Crippen LogP) is 2.73. The molecule has 2 rings (SSSR count). The van der Waals surface area contributed by atoms with E-state index in [4.69, 9.17) is 14.4 Å². The Balaban J connectivity index is 1.79. The third-order valence-corrected chi connectivity index (χ3v) is 2.80. The number of allylic oxidation sites excluding steroid dienone is 1. The minimum absolute atomic E-state index is 0.378. The van der Waals surface area contributed by atoms with Crippen molar-refractivity contribution in [1.29, 1.82) is 5.26 Å². The monoisotopic (exact) mass is 309 g/mol. The van der Waals surface area contributed by atoms with Gasteiger partial charge in [0.2, 0.25) is 0 Å². The number of hydrazone groups is 1. The molecule has 0 spiro atoms. The number of nitrogens with zero attached hydrogens (tertiary/aromatic N) is 2. The molecule has 1 N–H and O–H groups in total.